The van der Waals surface area contributed by atoms with Crippen LogP contribution in [0.4, 0.5) is 5.69 Å². The third kappa shape index (κ3) is 3.23. The van der Waals surface area contributed by atoms with Crippen molar-refractivity contribution in [1.82, 2.24) is 5.32 Å². The molecule has 6 nitrogen and oxygen atoms in total. The van der Waals surface area contributed by atoms with Crippen LogP contribution in [-0.4, -0.2) is 42.4 Å². The molecule has 0 fully saturated rings. The number of nitrogens with one attached hydrogen (secondary N) is 2. The Bertz CT molecular complexity index is 464. The van der Waals surface area contributed by atoms with E-state index in [-0.39, 0.29) is 12.5 Å². The summed E-state index contributed by atoms with van der Waals surface area (Å²) in [6, 6.07) is 4.99. The number of hydrogen-bond acceptors (Lipinski definition) is 5. The second-order valence-corrected chi connectivity index (χ2v) is 4.50. The number of benzene rings is 1. The Morgan fingerprint density at radius 1 is 1.47 bits per heavy atom. The third-order valence-corrected chi connectivity index (χ3v) is 3.03. The Kier molecular flexibility index (Phi) is 4.36. The minimum Gasteiger partial charge on any atom is -0.482 e. The van der Waals surface area contributed by atoms with E-state index in [1.807, 2.05) is 0 Å². The first kappa shape index (κ1) is 13.8. The zero-order valence-electron chi connectivity index (χ0n) is 10.7. The van der Waals surface area contributed by atoms with Crippen molar-refractivity contribution in [1.29, 1.82) is 0 Å². The van der Waals surface area contributed by atoms with Crippen molar-refractivity contribution in [2.45, 2.75) is 18.6 Å². The van der Waals surface area contributed by atoms with Gasteiger partial charge in [0.25, 0.3) is 5.91 Å². The van der Waals surface area contributed by atoms with Gasteiger partial charge in [-0.2, -0.15) is 0 Å². The number of aliphatic hydroxyl groups is 2. The summed E-state index contributed by atoms with van der Waals surface area (Å²) < 4.78 is 5.23. The maximum absolute atomic E-state index is 11.2. The second-order valence-electron chi connectivity index (χ2n) is 4.50. The lowest BCUT2D eigenvalue weighted by molar-refractivity contribution is -0.118. The summed E-state index contributed by atoms with van der Waals surface area (Å²) in [5.74, 6) is 0.343. The maximum Gasteiger partial charge on any atom is 0.262 e. The number of rotatable bonds is 5. The Morgan fingerprint density at radius 2 is 2.26 bits per heavy atom. The number of hydrogen-bond donors (Lipinski definition) is 4. The van der Waals surface area contributed by atoms with Crippen molar-refractivity contribution in [3.8, 4) is 5.75 Å². The molecule has 2 rings (SSSR count). The van der Waals surface area contributed by atoms with E-state index in [4.69, 9.17) is 4.74 Å². The van der Waals surface area contributed by atoms with E-state index in [0.29, 0.717) is 30.0 Å². The van der Waals surface area contributed by atoms with Crippen LogP contribution in [0.3, 0.4) is 0 Å². The molecule has 0 spiro atoms. The predicted octanol–water partition coefficient (Wildman–Crippen LogP) is 0.0213. The summed E-state index contributed by atoms with van der Waals surface area (Å²) in [4.78, 5) is 11.2. The summed E-state index contributed by atoms with van der Waals surface area (Å²) in [7, 11) is 1.78. The Morgan fingerprint density at radius 3 is 3.00 bits per heavy atom. The number of carbonyl (C=O) groups excluding carboxylic acids is 1. The molecule has 0 aliphatic carbocycles. The fourth-order valence-electron chi connectivity index (χ4n) is 1.96. The van der Waals surface area contributed by atoms with Gasteiger partial charge in [-0.05, 0) is 37.7 Å². The Labute approximate surface area is 111 Å². The van der Waals surface area contributed by atoms with Crippen LogP contribution >= 0.6 is 0 Å². The van der Waals surface area contributed by atoms with E-state index in [2.05, 4.69) is 10.6 Å². The number of amides is 1. The van der Waals surface area contributed by atoms with Crippen LogP contribution in [0, 0.1) is 0 Å². The van der Waals surface area contributed by atoms with E-state index in [0.717, 1.165) is 0 Å². The lowest BCUT2D eigenvalue weighted by atomic mass is 10.0. The van der Waals surface area contributed by atoms with E-state index < -0.39 is 12.2 Å². The summed E-state index contributed by atoms with van der Waals surface area (Å²) in [6.07, 6.45) is -1.40. The lowest BCUT2D eigenvalue weighted by Gasteiger charge is -2.22. The molecule has 4 N–H and O–H groups in total. The van der Waals surface area contributed by atoms with Gasteiger partial charge in [-0.3, -0.25) is 4.79 Å². The van der Waals surface area contributed by atoms with Gasteiger partial charge < -0.3 is 25.6 Å². The van der Waals surface area contributed by atoms with Crippen LogP contribution in [0.15, 0.2) is 18.2 Å². The molecule has 19 heavy (non-hydrogen) atoms. The quantitative estimate of drug-likeness (QED) is 0.603. The Hall–Kier alpha value is -1.63. The number of anilines is 1. The first-order valence-electron chi connectivity index (χ1n) is 6.19. The largest absolute Gasteiger partial charge is 0.482 e. The van der Waals surface area contributed by atoms with E-state index in [1.54, 1.807) is 25.2 Å². The van der Waals surface area contributed by atoms with Gasteiger partial charge in [0.2, 0.25) is 0 Å². The molecule has 2 atom stereocenters. The molecule has 104 valence electrons. The summed E-state index contributed by atoms with van der Waals surface area (Å²) in [5.41, 5.74) is 1.07. The minimum absolute atomic E-state index is 0.000303. The van der Waals surface area contributed by atoms with Crippen molar-refractivity contribution in [2.75, 3.05) is 25.5 Å². The molecule has 0 saturated heterocycles. The van der Waals surface area contributed by atoms with Crippen molar-refractivity contribution in [3.05, 3.63) is 23.8 Å². The van der Waals surface area contributed by atoms with Crippen molar-refractivity contribution in [3.63, 3.8) is 0 Å². The Balaban J connectivity index is 2.12. The van der Waals surface area contributed by atoms with Crippen LogP contribution in [0.1, 0.15) is 18.1 Å². The van der Waals surface area contributed by atoms with Gasteiger partial charge in [0.15, 0.2) is 6.61 Å². The van der Waals surface area contributed by atoms with E-state index in [1.165, 1.54) is 0 Å². The highest BCUT2D eigenvalue weighted by atomic mass is 16.5. The van der Waals surface area contributed by atoms with Crippen LogP contribution < -0.4 is 15.4 Å². The summed E-state index contributed by atoms with van der Waals surface area (Å²) in [5, 5.41) is 25.5. The van der Waals surface area contributed by atoms with Gasteiger partial charge in [-0.15, -0.1) is 0 Å². The van der Waals surface area contributed by atoms with Gasteiger partial charge in [0.1, 0.15) is 11.9 Å². The van der Waals surface area contributed by atoms with Gasteiger partial charge in [-0.25, -0.2) is 0 Å². The fourth-order valence-corrected chi connectivity index (χ4v) is 1.96. The molecular formula is C13H18N2O4. The molecule has 0 saturated carbocycles. The van der Waals surface area contributed by atoms with Gasteiger partial charge in [0, 0.05) is 0 Å². The SMILES string of the molecule is CNCCC(O)C(O)c1ccc2c(c1)NC(=O)CO2. The highest BCUT2D eigenvalue weighted by Gasteiger charge is 2.21. The first-order chi connectivity index (χ1) is 9.11. The third-order valence-electron chi connectivity index (χ3n) is 3.03. The summed E-state index contributed by atoms with van der Waals surface area (Å²) in [6.45, 7) is 0.614. The van der Waals surface area contributed by atoms with Crippen LogP contribution in [-0.2, 0) is 4.79 Å². The maximum atomic E-state index is 11.2. The monoisotopic (exact) mass is 266 g/mol. The van der Waals surface area contributed by atoms with Crippen molar-refractivity contribution < 1.29 is 19.7 Å². The van der Waals surface area contributed by atoms with Crippen LogP contribution in [0.5, 0.6) is 5.75 Å². The second kappa shape index (κ2) is 6.01. The van der Waals surface area contributed by atoms with Crippen LogP contribution in [0.25, 0.3) is 0 Å². The van der Waals surface area contributed by atoms with Crippen molar-refractivity contribution in [2.24, 2.45) is 0 Å². The number of aliphatic hydroxyl groups excluding tert-OH is 2. The number of ether oxygens (including phenoxy) is 1. The normalized spacial score (nSPS) is 17.1. The number of carbonyl (C=O) groups is 1. The molecule has 1 amide bonds. The molecule has 1 aromatic carbocycles. The molecule has 0 radical (unpaired) electrons. The number of fused-ring (bicyclic) bond motifs is 1. The average Bonchev–Trinajstić information content (AvgIpc) is 2.43. The molecule has 2 unspecified atom stereocenters. The zero-order chi connectivity index (χ0) is 13.8. The van der Waals surface area contributed by atoms with Crippen molar-refractivity contribution >= 4 is 11.6 Å². The van der Waals surface area contributed by atoms with E-state index >= 15 is 0 Å². The molecule has 6 heteroatoms. The zero-order valence-corrected chi connectivity index (χ0v) is 10.7. The van der Waals surface area contributed by atoms with Gasteiger partial charge in [0.05, 0.1) is 11.8 Å². The predicted molar refractivity (Wildman–Crippen MR) is 70.1 cm³/mol. The molecular weight excluding hydrogens is 248 g/mol. The minimum atomic E-state index is -0.988. The highest BCUT2D eigenvalue weighted by Crippen LogP contribution is 2.31. The van der Waals surface area contributed by atoms with Crippen LogP contribution in [0.2, 0.25) is 0 Å². The molecule has 0 bridgehead atoms. The van der Waals surface area contributed by atoms with Gasteiger partial charge in [-0.1, -0.05) is 6.07 Å². The highest BCUT2D eigenvalue weighted by molar-refractivity contribution is 5.95. The first-order valence-corrected chi connectivity index (χ1v) is 6.19. The summed E-state index contributed by atoms with van der Waals surface area (Å²) >= 11 is 0. The smallest absolute Gasteiger partial charge is 0.262 e. The molecule has 1 aromatic rings. The topological polar surface area (TPSA) is 90.8 Å². The lowest BCUT2D eigenvalue weighted by Crippen LogP contribution is -2.26. The van der Waals surface area contributed by atoms with Gasteiger partial charge >= 0.3 is 0 Å². The molecule has 1 aliphatic heterocycles. The average molecular weight is 266 g/mol. The standard InChI is InChI=1S/C13H18N2O4/c1-14-5-4-10(16)13(18)8-2-3-11-9(6-8)15-12(17)7-19-11/h2-3,6,10,13-14,16,18H,4-5,7H2,1H3,(H,15,17). The van der Waals surface area contributed by atoms with E-state index in [9.17, 15) is 15.0 Å². The molecule has 1 heterocycles. The molecule has 1 aliphatic rings. The molecule has 0 aromatic heterocycles. The fraction of sp³-hybridized carbons (Fsp3) is 0.462.